The van der Waals surface area contributed by atoms with Crippen LogP contribution in [0, 0.1) is 0 Å². The second-order valence-electron chi connectivity index (χ2n) is 9.18. The summed E-state index contributed by atoms with van der Waals surface area (Å²) in [6.45, 7) is 16.3. The van der Waals surface area contributed by atoms with Crippen molar-refractivity contribution in [3.8, 4) is 11.1 Å². The van der Waals surface area contributed by atoms with Crippen molar-refractivity contribution in [3.63, 3.8) is 0 Å². The van der Waals surface area contributed by atoms with Gasteiger partial charge in [0.05, 0.1) is 13.2 Å². The van der Waals surface area contributed by atoms with Crippen LogP contribution in [0.25, 0.3) is 22.3 Å². The summed E-state index contributed by atoms with van der Waals surface area (Å²) in [7, 11) is -1.71. The summed E-state index contributed by atoms with van der Waals surface area (Å²) in [5.74, 6) is 0. The summed E-state index contributed by atoms with van der Waals surface area (Å²) in [5.41, 5.74) is 7.10. The van der Waals surface area contributed by atoms with Crippen LogP contribution in [0.5, 0.6) is 0 Å². The topological polar surface area (TPSA) is 29.5 Å². The van der Waals surface area contributed by atoms with Crippen LogP contribution in [-0.4, -0.2) is 26.6 Å². The van der Waals surface area contributed by atoms with Crippen LogP contribution in [0.15, 0.2) is 60.7 Å². The van der Waals surface area contributed by atoms with E-state index in [1.165, 1.54) is 22.3 Å². The minimum Gasteiger partial charge on any atom is -0.413 e. The molecule has 2 aromatic rings. The van der Waals surface area contributed by atoms with E-state index in [4.69, 9.17) is 9.53 Å². The summed E-state index contributed by atoms with van der Waals surface area (Å²) in [4.78, 5) is 0. The van der Waals surface area contributed by atoms with Crippen LogP contribution in [0.4, 0.5) is 0 Å². The van der Waals surface area contributed by atoms with E-state index >= 15 is 0 Å². The first-order valence-corrected chi connectivity index (χ1v) is 13.3. The van der Waals surface area contributed by atoms with Gasteiger partial charge in [-0.05, 0) is 65.4 Å². The zero-order chi connectivity index (χ0) is 21.7. The minimum absolute atomic E-state index is 0.0723. The van der Waals surface area contributed by atoms with Crippen LogP contribution in [0.3, 0.4) is 0 Å². The molecule has 0 heterocycles. The Balaban J connectivity index is 2.07. The van der Waals surface area contributed by atoms with E-state index in [1.807, 2.05) is 13.0 Å². The molecule has 3 heteroatoms. The Bertz CT molecular complexity index is 851. The lowest BCUT2D eigenvalue weighted by atomic mass is 9.98. The van der Waals surface area contributed by atoms with Gasteiger partial charge in [0.25, 0.3) is 0 Å². The van der Waals surface area contributed by atoms with Crippen LogP contribution in [0.2, 0.25) is 18.1 Å². The van der Waals surface area contributed by atoms with E-state index < -0.39 is 8.32 Å². The Labute approximate surface area is 178 Å². The molecule has 0 unspecified atom stereocenters. The minimum atomic E-state index is -1.71. The molecule has 0 aliphatic carbocycles. The maximum atomic E-state index is 9.04. The smallest absolute Gasteiger partial charge is 0.192 e. The average molecular weight is 409 g/mol. The fourth-order valence-electron chi connectivity index (χ4n) is 2.82. The predicted molar refractivity (Wildman–Crippen MR) is 129 cm³/mol. The van der Waals surface area contributed by atoms with Gasteiger partial charge in [0.2, 0.25) is 0 Å². The number of aliphatic hydroxyl groups excluding tert-OH is 1. The van der Waals surface area contributed by atoms with Crippen LogP contribution < -0.4 is 0 Å². The van der Waals surface area contributed by atoms with Crippen molar-refractivity contribution in [1.29, 1.82) is 0 Å². The zero-order valence-corrected chi connectivity index (χ0v) is 20.0. The Morgan fingerprint density at radius 1 is 0.828 bits per heavy atom. The van der Waals surface area contributed by atoms with Crippen molar-refractivity contribution in [2.75, 3.05) is 13.2 Å². The van der Waals surface area contributed by atoms with E-state index in [1.54, 1.807) is 0 Å². The van der Waals surface area contributed by atoms with Crippen LogP contribution >= 0.6 is 0 Å². The van der Waals surface area contributed by atoms with Gasteiger partial charge in [-0.1, -0.05) is 81.5 Å². The van der Waals surface area contributed by atoms with Crippen molar-refractivity contribution >= 4 is 19.5 Å². The number of benzene rings is 2. The first-order valence-electron chi connectivity index (χ1n) is 10.3. The lowest BCUT2D eigenvalue weighted by molar-refractivity contribution is 0.328. The quantitative estimate of drug-likeness (QED) is 0.492. The standard InChI is InChI=1S/C26H36O2Si/c1-20(16-18-27)22-8-12-24(13-9-22)25-14-10-23(11-15-25)21(2)17-19-28-29(6,7)26(3,4)5/h8-17,27H,18-19H2,1-7H3/b20-16+,21-17+. The third-order valence-electron chi connectivity index (χ3n) is 6.05. The molecule has 0 aromatic heterocycles. The number of hydrogen-bond donors (Lipinski definition) is 1. The lowest BCUT2D eigenvalue weighted by Crippen LogP contribution is -2.40. The Morgan fingerprint density at radius 3 is 1.62 bits per heavy atom. The highest BCUT2D eigenvalue weighted by Crippen LogP contribution is 2.36. The van der Waals surface area contributed by atoms with Crippen molar-refractivity contribution in [2.24, 2.45) is 0 Å². The van der Waals surface area contributed by atoms with Gasteiger partial charge in [-0.15, -0.1) is 0 Å². The third-order valence-corrected chi connectivity index (χ3v) is 10.6. The SMILES string of the molecule is C/C(=C\CO)c1ccc(-c2ccc(/C(C)=C/CO[Si](C)(C)C(C)(C)C)cc2)cc1. The molecule has 0 aliphatic rings. The Hall–Kier alpha value is -1.94. The number of aliphatic hydroxyl groups is 1. The molecule has 0 bridgehead atoms. The normalized spacial score (nSPS) is 13.7. The number of allylic oxidation sites excluding steroid dienone is 2. The highest BCUT2D eigenvalue weighted by Gasteiger charge is 2.36. The molecule has 1 N–H and O–H groups in total. The summed E-state index contributed by atoms with van der Waals surface area (Å²) in [6.07, 6.45) is 4.02. The molecule has 29 heavy (non-hydrogen) atoms. The first kappa shape index (κ1) is 23.3. The maximum Gasteiger partial charge on any atom is 0.192 e. The van der Waals surface area contributed by atoms with Crippen molar-refractivity contribution in [1.82, 2.24) is 0 Å². The van der Waals surface area contributed by atoms with Crippen LogP contribution in [-0.2, 0) is 4.43 Å². The second kappa shape index (κ2) is 9.71. The lowest BCUT2D eigenvalue weighted by Gasteiger charge is -2.35. The van der Waals surface area contributed by atoms with Gasteiger partial charge >= 0.3 is 0 Å². The van der Waals surface area contributed by atoms with Gasteiger partial charge in [-0.2, -0.15) is 0 Å². The summed E-state index contributed by atoms with van der Waals surface area (Å²) in [6, 6.07) is 17.2. The van der Waals surface area contributed by atoms with Gasteiger partial charge in [-0.3, -0.25) is 0 Å². The number of rotatable bonds is 7. The van der Waals surface area contributed by atoms with Gasteiger partial charge in [0.1, 0.15) is 0 Å². The average Bonchev–Trinajstić information content (AvgIpc) is 2.67. The van der Waals surface area contributed by atoms with Crippen LogP contribution in [0.1, 0.15) is 45.7 Å². The van der Waals surface area contributed by atoms with Gasteiger partial charge in [0, 0.05) is 0 Å². The second-order valence-corrected chi connectivity index (χ2v) is 14.0. The Kier molecular flexibility index (Phi) is 7.81. The molecule has 2 aromatic carbocycles. The summed E-state index contributed by atoms with van der Waals surface area (Å²) < 4.78 is 6.27. The monoisotopic (exact) mass is 408 g/mol. The molecular formula is C26H36O2Si. The summed E-state index contributed by atoms with van der Waals surface area (Å²) in [5, 5.41) is 9.28. The predicted octanol–water partition coefficient (Wildman–Crippen LogP) is 7.17. The highest BCUT2D eigenvalue weighted by atomic mass is 28.4. The molecule has 2 rings (SSSR count). The number of hydrogen-bond acceptors (Lipinski definition) is 2. The van der Waals surface area contributed by atoms with Crippen molar-refractivity contribution in [3.05, 3.63) is 71.8 Å². The maximum absolute atomic E-state index is 9.04. The fourth-order valence-corrected chi connectivity index (χ4v) is 3.75. The molecule has 0 saturated heterocycles. The van der Waals surface area contributed by atoms with Crippen molar-refractivity contribution in [2.45, 2.75) is 52.8 Å². The van der Waals surface area contributed by atoms with E-state index in [0.29, 0.717) is 6.61 Å². The molecule has 0 fully saturated rings. The van der Waals surface area contributed by atoms with Gasteiger partial charge in [0.15, 0.2) is 8.32 Å². The van der Waals surface area contributed by atoms with Gasteiger partial charge in [-0.25, -0.2) is 0 Å². The van der Waals surface area contributed by atoms with E-state index in [-0.39, 0.29) is 11.6 Å². The third kappa shape index (κ3) is 6.27. The Morgan fingerprint density at radius 2 is 1.24 bits per heavy atom. The first-order chi connectivity index (χ1) is 13.5. The molecule has 0 spiro atoms. The largest absolute Gasteiger partial charge is 0.413 e. The van der Waals surface area contributed by atoms with Gasteiger partial charge < -0.3 is 9.53 Å². The molecule has 0 amide bonds. The fraction of sp³-hybridized carbons (Fsp3) is 0.385. The van der Waals surface area contributed by atoms with E-state index in [9.17, 15) is 0 Å². The van der Waals surface area contributed by atoms with E-state index in [0.717, 1.165) is 11.1 Å². The molecule has 156 valence electrons. The van der Waals surface area contributed by atoms with Crippen molar-refractivity contribution < 1.29 is 9.53 Å². The zero-order valence-electron chi connectivity index (χ0n) is 19.0. The van der Waals surface area contributed by atoms with E-state index in [2.05, 4.69) is 95.4 Å². The molecule has 0 radical (unpaired) electrons. The molecule has 2 nitrogen and oxygen atoms in total. The summed E-state index contributed by atoms with van der Waals surface area (Å²) >= 11 is 0. The molecule has 0 aliphatic heterocycles. The molecule has 0 saturated carbocycles. The molecular weight excluding hydrogens is 372 g/mol. The molecule has 0 atom stereocenters. The highest BCUT2D eigenvalue weighted by molar-refractivity contribution is 6.74.